The molecule has 0 saturated heterocycles. The number of hydrogen-bond acceptors (Lipinski definition) is 5. The summed E-state index contributed by atoms with van der Waals surface area (Å²) in [4.78, 5) is 25.1. The Morgan fingerprint density at radius 2 is 1.54 bits per heavy atom. The van der Waals surface area contributed by atoms with Gasteiger partial charge >= 0.3 is 21.9 Å². The molecule has 0 bridgehead atoms. The number of carbonyl (C=O) groups excluding carboxylic acids is 2. The Balaban J connectivity index is 1.75. The van der Waals surface area contributed by atoms with E-state index in [2.05, 4.69) is 0 Å². The van der Waals surface area contributed by atoms with Crippen molar-refractivity contribution in [3.63, 3.8) is 0 Å². The molecule has 1 aliphatic rings. The third kappa shape index (κ3) is 2.53. The Morgan fingerprint density at radius 1 is 0.846 bits per heavy atom. The highest BCUT2D eigenvalue weighted by molar-refractivity contribution is 7.86. The number of rotatable bonds is 3. The minimum Gasteiger partial charge on any atom is -0.215 e. The third-order valence-corrected chi connectivity index (χ3v) is 5.42. The van der Waals surface area contributed by atoms with Crippen LogP contribution in [-0.4, -0.2) is 20.2 Å². The van der Waals surface area contributed by atoms with Crippen LogP contribution in [0.25, 0.3) is 10.8 Å². The second kappa shape index (κ2) is 5.84. The molecule has 3 aromatic carbocycles. The molecule has 0 fully saturated rings. The van der Waals surface area contributed by atoms with Crippen LogP contribution < -0.4 is 5.06 Å². The molecule has 1 aliphatic heterocycles. The largest absolute Gasteiger partial charge is 0.442 e. The van der Waals surface area contributed by atoms with Crippen LogP contribution in [-0.2, 0) is 14.4 Å². The van der Waals surface area contributed by atoms with Crippen LogP contribution in [0.1, 0.15) is 26.3 Å². The van der Waals surface area contributed by atoms with E-state index in [1.807, 2.05) is 13.0 Å². The quantitative estimate of drug-likeness (QED) is 0.525. The number of amides is 2. The molecule has 0 saturated carbocycles. The number of benzene rings is 3. The topological polar surface area (TPSA) is 83.4 Å². The highest BCUT2D eigenvalue weighted by Gasteiger charge is 2.54. The van der Waals surface area contributed by atoms with E-state index in [1.54, 1.807) is 36.4 Å². The van der Waals surface area contributed by atoms with Crippen molar-refractivity contribution in [3.05, 3.63) is 77.4 Å². The molecule has 1 heterocycles. The third-order valence-electron chi connectivity index (χ3n) is 4.22. The van der Waals surface area contributed by atoms with Crippen molar-refractivity contribution >= 4 is 32.7 Å². The molecule has 6 nitrogen and oxygen atoms in total. The zero-order chi connectivity index (χ0) is 18.5. The number of hydroxylamine groups is 2. The van der Waals surface area contributed by atoms with E-state index >= 15 is 0 Å². The Bertz CT molecular complexity index is 1170. The summed E-state index contributed by atoms with van der Waals surface area (Å²) in [6.45, 7) is 1.81. The van der Waals surface area contributed by atoms with Crippen molar-refractivity contribution in [2.45, 2.75) is 11.8 Å². The lowest BCUT2D eigenvalue weighted by Gasteiger charge is -2.02. The van der Waals surface area contributed by atoms with Crippen LogP contribution in [0.4, 0.5) is 0 Å². The van der Waals surface area contributed by atoms with Gasteiger partial charge in [-0.2, -0.15) is 8.42 Å². The lowest BCUT2D eigenvalue weighted by Crippen LogP contribution is -2.38. The van der Waals surface area contributed by atoms with Gasteiger partial charge in [0.1, 0.15) is 11.1 Å². The summed E-state index contributed by atoms with van der Waals surface area (Å²) in [6.07, 6.45) is 0. The van der Waals surface area contributed by atoms with Gasteiger partial charge in [-0.1, -0.05) is 48.0 Å². The van der Waals surface area contributed by atoms with Gasteiger partial charge in [-0.25, -0.2) is 9.59 Å². The summed E-state index contributed by atoms with van der Waals surface area (Å²) in [5, 5.41) is 1.66. The standard InChI is InChI=1S/C19H13NO5S/c1-12-6-9-14(10-7-12)26(23,24)25-20-18(21)16-11-8-13-4-2-3-5-15(13)17(16)19(20)22/h2-11H,1H3/q+1. The van der Waals surface area contributed by atoms with Crippen molar-refractivity contribution in [1.29, 1.82) is 0 Å². The summed E-state index contributed by atoms with van der Waals surface area (Å²) < 4.78 is 29.8. The molecule has 1 radical (unpaired) electrons. The molecule has 2 amide bonds. The van der Waals surface area contributed by atoms with E-state index < -0.39 is 21.9 Å². The van der Waals surface area contributed by atoms with E-state index in [4.69, 9.17) is 4.28 Å². The van der Waals surface area contributed by atoms with Gasteiger partial charge in [0.15, 0.2) is 5.06 Å². The predicted molar refractivity (Wildman–Crippen MR) is 94.2 cm³/mol. The van der Waals surface area contributed by atoms with E-state index in [-0.39, 0.29) is 16.0 Å². The van der Waals surface area contributed by atoms with Gasteiger partial charge in [0.05, 0.1) is 4.90 Å². The van der Waals surface area contributed by atoms with E-state index in [0.717, 1.165) is 10.9 Å². The first-order chi connectivity index (χ1) is 12.4. The molecule has 129 valence electrons. The van der Waals surface area contributed by atoms with E-state index in [0.29, 0.717) is 10.4 Å². The Kier molecular flexibility index (Phi) is 3.73. The Hall–Kier alpha value is -2.87. The molecular formula is C19H13NO5S+. The summed E-state index contributed by atoms with van der Waals surface area (Å²) in [6, 6.07) is 16.2. The normalized spacial score (nSPS) is 14.8. The number of imide groups is 1. The average Bonchev–Trinajstić information content (AvgIpc) is 2.87. The van der Waals surface area contributed by atoms with Gasteiger partial charge < -0.3 is 0 Å². The zero-order valence-corrected chi connectivity index (χ0v) is 14.5. The van der Waals surface area contributed by atoms with E-state index in [1.165, 1.54) is 18.2 Å². The SMILES string of the molecule is Cc1ccc(S(=O)(=O)O[N+]2C(=O)c3ccc4ccccc4c3C2=O)cc1. The highest BCUT2D eigenvalue weighted by atomic mass is 32.2. The molecule has 3 aromatic rings. The second-order valence-electron chi connectivity index (χ2n) is 5.96. The summed E-state index contributed by atoms with van der Waals surface area (Å²) in [5.74, 6) is -1.59. The molecule has 0 aliphatic carbocycles. The van der Waals surface area contributed by atoms with Gasteiger partial charge in [0, 0.05) is 4.28 Å². The Morgan fingerprint density at radius 3 is 2.27 bits per heavy atom. The predicted octanol–water partition coefficient (Wildman–Crippen LogP) is 2.90. The summed E-state index contributed by atoms with van der Waals surface area (Å²) in [5.41, 5.74) is 1.14. The molecule has 0 N–H and O–H groups in total. The summed E-state index contributed by atoms with van der Waals surface area (Å²) >= 11 is 0. The van der Waals surface area contributed by atoms with E-state index in [9.17, 15) is 18.0 Å². The first-order valence-corrected chi connectivity index (χ1v) is 9.21. The van der Waals surface area contributed by atoms with Gasteiger partial charge in [-0.3, -0.25) is 0 Å². The first-order valence-electron chi connectivity index (χ1n) is 7.80. The Labute approximate surface area is 149 Å². The average molecular weight is 367 g/mol. The fraction of sp³-hybridized carbons (Fsp3) is 0.0526. The molecular weight excluding hydrogens is 354 g/mol. The zero-order valence-electron chi connectivity index (χ0n) is 13.7. The smallest absolute Gasteiger partial charge is 0.215 e. The monoisotopic (exact) mass is 367 g/mol. The number of nitrogens with zero attached hydrogens (tertiary/aromatic N) is 1. The highest BCUT2D eigenvalue weighted by Crippen LogP contribution is 2.30. The minimum absolute atomic E-state index is 0.118. The minimum atomic E-state index is -4.31. The molecule has 0 aromatic heterocycles. The fourth-order valence-electron chi connectivity index (χ4n) is 2.90. The summed E-state index contributed by atoms with van der Waals surface area (Å²) in [7, 11) is -4.31. The second-order valence-corrected chi connectivity index (χ2v) is 7.48. The molecule has 0 unspecified atom stereocenters. The molecule has 0 spiro atoms. The van der Waals surface area contributed by atoms with Crippen LogP contribution in [0, 0.1) is 6.92 Å². The first kappa shape index (κ1) is 16.6. The lowest BCUT2D eigenvalue weighted by atomic mass is 10.0. The van der Waals surface area contributed by atoms with Crippen molar-refractivity contribution in [3.8, 4) is 0 Å². The maximum atomic E-state index is 12.7. The van der Waals surface area contributed by atoms with Crippen LogP contribution in [0.5, 0.6) is 0 Å². The molecule has 4 rings (SSSR count). The van der Waals surface area contributed by atoms with Gasteiger partial charge in [0.25, 0.3) is 0 Å². The van der Waals surface area contributed by atoms with Crippen molar-refractivity contribution in [2.24, 2.45) is 0 Å². The molecule has 26 heavy (non-hydrogen) atoms. The number of hydrogen-bond donors (Lipinski definition) is 0. The number of aryl methyl sites for hydroxylation is 1. The van der Waals surface area contributed by atoms with Gasteiger partial charge in [-0.15, -0.1) is 0 Å². The van der Waals surface area contributed by atoms with Crippen molar-refractivity contribution < 1.29 is 22.3 Å². The van der Waals surface area contributed by atoms with Crippen LogP contribution >= 0.6 is 0 Å². The van der Waals surface area contributed by atoms with Crippen LogP contribution in [0.15, 0.2) is 65.6 Å². The fourth-order valence-corrected chi connectivity index (χ4v) is 3.78. The van der Waals surface area contributed by atoms with Gasteiger partial charge in [0.2, 0.25) is 0 Å². The maximum Gasteiger partial charge on any atom is 0.442 e. The maximum absolute atomic E-state index is 12.7. The van der Waals surface area contributed by atoms with Crippen LogP contribution in [0.3, 0.4) is 0 Å². The number of carbonyl (C=O) groups is 2. The number of fused-ring (bicyclic) bond motifs is 3. The van der Waals surface area contributed by atoms with Gasteiger partial charge in [-0.05, 0) is 35.9 Å². The van der Waals surface area contributed by atoms with Crippen molar-refractivity contribution in [2.75, 3.05) is 0 Å². The molecule has 7 heteroatoms. The lowest BCUT2D eigenvalue weighted by molar-refractivity contribution is 0.0326. The van der Waals surface area contributed by atoms with Crippen molar-refractivity contribution in [1.82, 2.24) is 5.06 Å². The van der Waals surface area contributed by atoms with Crippen LogP contribution in [0.2, 0.25) is 0 Å². The molecule has 0 atom stereocenters.